The molecule has 7 heteroatoms. The Morgan fingerprint density at radius 2 is 1.62 bits per heavy atom. The molecular weight excluding hydrogens is 542 g/mol. The van der Waals surface area contributed by atoms with E-state index >= 15 is 0 Å². The molecule has 0 saturated heterocycles. The molecule has 0 fully saturated rings. The van der Waals surface area contributed by atoms with E-state index < -0.39 is 5.92 Å². The standard InChI is InChI=1S/C35H31N3O3S/c1-22-15-23(2)17-25(16-22)19-30(40)20-27(18-24-7-13-29(39)14-8-24)34(41)36-28-11-9-26(10-12-28)31-21-38-32-5-3-4-6-33(32)42-35(38)37-31/h3-17,21,27,39H,18-20H2,1-2H3,(H,36,41)/t27-/m1/s1. The highest BCUT2D eigenvalue weighted by molar-refractivity contribution is 7.23. The van der Waals surface area contributed by atoms with Gasteiger partial charge in [0, 0.05) is 36.2 Å². The molecule has 42 heavy (non-hydrogen) atoms. The van der Waals surface area contributed by atoms with Crippen molar-refractivity contribution in [3.8, 4) is 17.0 Å². The summed E-state index contributed by atoms with van der Waals surface area (Å²) in [7, 11) is 0. The molecular formula is C35H31N3O3S. The van der Waals surface area contributed by atoms with Crippen LogP contribution in [-0.4, -0.2) is 26.2 Å². The number of aromatic nitrogens is 2. The largest absolute Gasteiger partial charge is 0.508 e. The van der Waals surface area contributed by atoms with Gasteiger partial charge in [-0.1, -0.05) is 77.1 Å². The molecule has 0 radical (unpaired) electrons. The van der Waals surface area contributed by atoms with Crippen LogP contribution in [0.4, 0.5) is 5.69 Å². The lowest BCUT2D eigenvalue weighted by Crippen LogP contribution is -2.27. The molecule has 2 N–H and O–H groups in total. The molecule has 0 aliphatic carbocycles. The van der Waals surface area contributed by atoms with Gasteiger partial charge in [0.15, 0.2) is 4.96 Å². The zero-order valence-corrected chi connectivity index (χ0v) is 24.3. The van der Waals surface area contributed by atoms with Crippen molar-refractivity contribution >= 4 is 43.9 Å². The van der Waals surface area contributed by atoms with Gasteiger partial charge in [0.05, 0.1) is 15.9 Å². The maximum absolute atomic E-state index is 13.5. The minimum Gasteiger partial charge on any atom is -0.508 e. The third kappa shape index (κ3) is 6.11. The van der Waals surface area contributed by atoms with Gasteiger partial charge in [0.1, 0.15) is 11.5 Å². The Hall–Kier alpha value is -4.75. The van der Waals surface area contributed by atoms with Gasteiger partial charge in [0.25, 0.3) is 0 Å². The fraction of sp³-hybridized carbons (Fsp3) is 0.171. The van der Waals surface area contributed by atoms with Crippen LogP contribution in [0.25, 0.3) is 26.4 Å². The number of amides is 1. The molecule has 210 valence electrons. The summed E-state index contributed by atoms with van der Waals surface area (Å²) in [4.78, 5) is 32.4. The fourth-order valence-corrected chi connectivity index (χ4v) is 6.48. The van der Waals surface area contributed by atoms with Gasteiger partial charge in [-0.05, 0) is 67.8 Å². The Kier molecular flexibility index (Phi) is 7.59. The maximum atomic E-state index is 13.5. The lowest BCUT2D eigenvalue weighted by Gasteiger charge is -2.17. The number of benzene rings is 4. The van der Waals surface area contributed by atoms with Crippen LogP contribution in [-0.2, 0) is 22.4 Å². The van der Waals surface area contributed by atoms with Crippen molar-refractivity contribution < 1.29 is 14.7 Å². The second kappa shape index (κ2) is 11.6. The predicted molar refractivity (Wildman–Crippen MR) is 169 cm³/mol. The predicted octanol–water partition coefficient (Wildman–Crippen LogP) is 7.54. The van der Waals surface area contributed by atoms with Crippen LogP contribution in [0.1, 0.15) is 28.7 Å². The number of Topliss-reactive ketones (excluding diaryl/α,β-unsaturated/α-hetero) is 1. The quantitative estimate of drug-likeness (QED) is 0.187. The van der Waals surface area contributed by atoms with Crippen molar-refractivity contribution in [2.45, 2.75) is 33.1 Å². The number of nitrogens with zero attached hydrogens (tertiary/aromatic N) is 2. The number of rotatable bonds is 9. The summed E-state index contributed by atoms with van der Waals surface area (Å²) >= 11 is 1.65. The van der Waals surface area contributed by atoms with Gasteiger partial charge in [-0.25, -0.2) is 4.98 Å². The molecule has 6 rings (SSSR count). The number of nitrogens with one attached hydrogen (secondary N) is 1. The molecule has 0 unspecified atom stereocenters. The van der Waals surface area contributed by atoms with Crippen molar-refractivity contribution in [1.82, 2.24) is 9.38 Å². The summed E-state index contributed by atoms with van der Waals surface area (Å²) < 4.78 is 3.30. The SMILES string of the molecule is Cc1cc(C)cc(CC(=O)C[C@@H](Cc2ccc(O)cc2)C(=O)Nc2ccc(-c3cn4c(n3)sc3ccccc34)cc2)c1. The molecule has 2 aromatic heterocycles. The summed E-state index contributed by atoms with van der Waals surface area (Å²) in [5.41, 5.74) is 7.69. The number of aromatic hydroxyl groups is 1. The molecule has 0 aliphatic rings. The summed E-state index contributed by atoms with van der Waals surface area (Å²) in [6.45, 7) is 4.04. The summed E-state index contributed by atoms with van der Waals surface area (Å²) in [5, 5.41) is 12.7. The van der Waals surface area contributed by atoms with Gasteiger partial charge in [-0.3, -0.25) is 14.0 Å². The van der Waals surface area contributed by atoms with E-state index in [0.717, 1.165) is 44.0 Å². The lowest BCUT2D eigenvalue weighted by molar-refractivity contribution is -0.125. The van der Waals surface area contributed by atoms with Crippen LogP contribution in [0.2, 0.25) is 0 Å². The van der Waals surface area contributed by atoms with Crippen LogP contribution in [0.15, 0.2) is 97.2 Å². The first-order chi connectivity index (χ1) is 20.3. The topological polar surface area (TPSA) is 83.7 Å². The molecule has 0 saturated carbocycles. The number of anilines is 1. The monoisotopic (exact) mass is 573 g/mol. The van der Waals surface area contributed by atoms with E-state index in [1.54, 1.807) is 35.6 Å². The normalized spacial score (nSPS) is 12.0. The number of hydrogen-bond donors (Lipinski definition) is 2. The summed E-state index contributed by atoms with van der Waals surface area (Å²) in [5.74, 6) is -0.586. The molecule has 2 heterocycles. The first kappa shape index (κ1) is 27.4. The van der Waals surface area contributed by atoms with Crippen LogP contribution >= 0.6 is 11.3 Å². The van der Waals surface area contributed by atoms with Crippen molar-refractivity contribution in [2.75, 3.05) is 5.32 Å². The number of carbonyl (C=O) groups is 2. The Morgan fingerprint density at radius 3 is 2.36 bits per heavy atom. The second-order valence-electron chi connectivity index (χ2n) is 10.9. The van der Waals surface area contributed by atoms with E-state index in [4.69, 9.17) is 4.98 Å². The highest BCUT2D eigenvalue weighted by Crippen LogP contribution is 2.30. The lowest BCUT2D eigenvalue weighted by atomic mass is 9.91. The number of ketones is 1. The van der Waals surface area contributed by atoms with Gasteiger partial charge >= 0.3 is 0 Å². The van der Waals surface area contributed by atoms with Crippen LogP contribution in [0.5, 0.6) is 5.75 Å². The van der Waals surface area contributed by atoms with Crippen molar-refractivity contribution in [3.63, 3.8) is 0 Å². The molecule has 6 nitrogen and oxygen atoms in total. The number of para-hydroxylation sites is 1. The van der Waals surface area contributed by atoms with E-state index in [1.165, 1.54) is 4.70 Å². The number of phenols is 1. The smallest absolute Gasteiger partial charge is 0.228 e. The number of phenolic OH excluding ortho intramolecular Hbond substituents is 1. The minimum absolute atomic E-state index is 0.0153. The molecule has 1 amide bonds. The number of aryl methyl sites for hydroxylation is 2. The molecule has 4 aromatic carbocycles. The van der Waals surface area contributed by atoms with Crippen molar-refractivity contribution in [1.29, 1.82) is 0 Å². The van der Waals surface area contributed by atoms with Gasteiger partial charge in [-0.15, -0.1) is 0 Å². The third-order valence-corrected chi connectivity index (χ3v) is 8.43. The van der Waals surface area contributed by atoms with Gasteiger partial charge in [0.2, 0.25) is 5.91 Å². The number of hydrogen-bond acceptors (Lipinski definition) is 5. The third-order valence-electron chi connectivity index (χ3n) is 7.39. The van der Waals surface area contributed by atoms with E-state index in [2.05, 4.69) is 27.9 Å². The highest BCUT2D eigenvalue weighted by atomic mass is 32.1. The van der Waals surface area contributed by atoms with E-state index in [0.29, 0.717) is 12.1 Å². The molecule has 0 aliphatic heterocycles. The number of thiazole rings is 1. The van der Waals surface area contributed by atoms with Crippen molar-refractivity contribution in [2.24, 2.45) is 5.92 Å². The summed E-state index contributed by atoms with van der Waals surface area (Å²) in [6, 6.07) is 28.8. The second-order valence-corrected chi connectivity index (χ2v) is 11.9. The Morgan fingerprint density at radius 1 is 0.905 bits per heavy atom. The fourth-order valence-electron chi connectivity index (χ4n) is 5.48. The van der Waals surface area contributed by atoms with Crippen LogP contribution in [0, 0.1) is 19.8 Å². The van der Waals surface area contributed by atoms with Crippen molar-refractivity contribution in [3.05, 3.63) is 119 Å². The highest BCUT2D eigenvalue weighted by Gasteiger charge is 2.23. The number of fused-ring (bicyclic) bond motifs is 3. The average Bonchev–Trinajstić information content (AvgIpc) is 3.52. The Labute approximate surface area is 248 Å². The molecule has 6 aromatic rings. The van der Waals surface area contributed by atoms with Crippen LogP contribution in [0.3, 0.4) is 0 Å². The number of imidazole rings is 1. The maximum Gasteiger partial charge on any atom is 0.228 e. The first-order valence-electron chi connectivity index (χ1n) is 14.0. The zero-order chi connectivity index (χ0) is 29.2. The Bertz CT molecular complexity index is 1880. The van der Waals surface area contributed by atoms with Gasteiger partial charge < -0.3 is 10.4 Å². The summed E-state index contributed by atoms with van der Waals surface area (Å²) in [6.07, 6.45) is 2.84. The van der Waals surface area contributed by atoms with E-state index in [1.807, 2.05) is 68.6 Å². The minimum atomic E-state index is -0.555. The first-order valence-corrected chi connectivity index (χ1v) is 14.8. The molecule has 0 spiro atoms. The number of carbonyl (C=O) groups excluding carboxylic acids is 2. The molecule has 0 bridgehead atoms. The molecule has 1 atom stereocenters. The van der Waals surface area contributed by atoms with Gasteiger partial charge in [-0.2, -0.15) is 0 Å². The van der Waals surface area contributed by atoms with E-state index in [-0.39, 0.29) is 30.3 Å². The van der Waals surface area contributed by atoms with E-state index in [9.17, 15) is 14.7 Å². The zero-order valence-electron chi connectivity index (χ0n) is 23.5. The average molecular weight is 574 g/mol. The van der Waals surface area contributed by atoms with Crippen LogP contribution < -0.4 is 5.32 Å². The Balaban J connectivity index is 1.18.